The zero-order valence-corrected chi connectivity index (χ0v) is 9.32. The summed E-state index contributed by atoms with van der Waals surface area (Å²) in [5, 5.41) is 10.3. The van der Waals surface area contributed by atoms with Crippen molar-refractivity contribution in [3.05, 3.63) is 15.0 Å². The van der Waals surface area contributed by atoms with Gasteiger partial charge in [0.2, 0.25) is 0 Å². The predicted molar refractivity (Wildman–Crippen MR) is 45.5 cm³/mol. The predicted octanol–water partition coefficient (Wildman–Crippen LogP) is 1.67. The van der Waals surface area contributed by atoms with E-state index in [9.17, 15) is 4.79 Å². The van der Waals surface area contributed by atoms with Gasteiger partial charge in [0.25, 0.3) is 0 Å². The Morgan fingerprint density at radius 2 is 2.42 bits per heavy atom. The first-order valence-electron chi connectivity index (χ1n) is 2.98. The molecular formula is C6H7AgNO2S2. The number of rotatable bonds is 2. The van der Waals surface area contributed by atoms with E-state index < -0.39 is 5.97 Å². The Bertz CT molecular complexity index is 331. The van der Waals surface area contributed by atoms with Gasteiger partial charge in [-0.2, -0.15) is 0 Å². The summed E-state index contributed by atoms with van der Waals surface area (Å²) in [5.41, 5.74) is 0.905. The number of nitrogens with zero attached hydrogens (tertiary/aromatic N) is 1. The molecule has 0 saturated carbocycles. The van der Waals surface area contributed by atoms with Crippen molar-refractivity contribution in [1.82, 2.24) is 4.57 Å². The molecule has 0 unspecified atom stereocenters. The maximum Gasteiger partial charge on any atom is 0.323 e. The summed E-state index contributed by atoms with van der Waals surface area (Å²) >= 11 is 6.30. The van der Waals surface area contributed by atoms with Gasteiger partial charge in [0.15, 0.2) is 3.95 Å². The minimum absolute atomic E-state index is 0. The fraction of sp³-hybridized carbons (Fsp3) is 0.333. The van der Waals surface area contributed by atoms with E-state index in [0.29, 0.717) is 3.95 Å². The molecule has 0 aliphatic rings. The quantitative estimate of drug-likeness (QED) is 0.667. The SMILES string of the molecule is Cc1csc(=S)n1CC(=O)O.[Ag]. The van der Waals surface area contributed by atoms with Crippen molar-refractivity contribution >= 4 is 29.5 Å². The van der Waals surface area contributed by atoms with Crippen LogP contribution in [0.5, 0.6) is 0 Å². The maximum absolute atomic E-state index is 10.3. The average molecular weight is 297 g/mol. The Kier molecular flexibility index (Phi) is 4.96. The normalized spacial score (nSPS) is 9.08. The average Bonchev–Trinajstić information content (AvgIpc) is 2.18. The van der Waals surface area contributed by atoms with Gasteiger partial charge < -0.3 is 9.67 Å². The topological polar surface area (TPSA) is 42.2 Å². The molecule has 1 radical (unpaired) electrons. The van der Waals surface area contributed by atoms with E-state index in [-0.39, 0.29) is 28.9 Å². The molecule has 0 spiro atoms. The number of aromatic nitrogens is 1. The van der Waals surface area contributed by atoms with Crippen LogP contribution in [0.25, 0.3) is 0 Å². The van der Waals surface area contributed by atoms with Gasteiger partial charge in [-0.25, -0.2) is 0 Å². The molecule has 0 aromatic carbocycles. The molecule has 1 aromatic rings. The Morgan fingerprint density at radius 3 is 2.75 bits per heavy atom. The number of carbonyl (C=O) groups is 1. The summed E-state index contributed by atoms with van der Waals surface area (Å²) < 4.78 is 2.22. The number of hydrogen-bond donors (Lipinski definition) is 1. The van der Waals surface area contributed by atoms with Crippen LogP contribution in [0.4, 0.5) is 0 Å². The third kappa shape index (κ3) is 2.84. The van der Waals surface area contributed by atoms with Gasteiger partial charge in [0.05, 0.1) is 0 Å². The maximum atomic E-state index is 10.3. The molecule has 0 fully saturated rings. The first kappa shape index (κ1) is 12.1. The van der Waals surface area contributed by atoms with Crippen molar-refractivity contribution in [2.75, 3.05) is 0 Å². The first-order chi connectivity index (χ1) is 5.11. The van der Waals surface area contributed by atoms with E-state index in [4.69, 9.17) is 17.3 Å². The first-order valence-corrected chi connectivity index (χ1v) is 4.27. The summed E-state index contributed by atoms with van der Waals surface area (Å²) in [6.45, 7) is 1.81. The van der Waals surface area contributed by atoms with Gasteiger partial charge in [-0.1, -0.05) is 0 Å². The second-order valence-electron chi connectivity index (χ2n) is 2.12. The van der Waals surface area contributed by atoms with Crippen molar-refractivity contribution in [1.29, 1.82) is 0 Å². The van der Waals surface area contributed by atoms with Crippen LogP contribution in [0.2, 0.25) is 0 Å². The van der Waals surface area contributed by atoms with Crippen LogP contribution in [-0.4, -0.2) is 15.6 Å². The van der Waals surface area contributed by atoms with Crippen molar-refractivity contribution in [2.45, 2.75) is 13.5 Å². The van der Waals surface area contributed by atoms with Crippen molar-refractivity contribution in [2.24, 2.45) is 0 Å². The largest absolute Gasteiger partial charge is 0.480 e. The van der Waals surface area contributed by atoms with E-state index in [2.05, 4.69) is 0 Å². The molecule has 0 aliphatic heterocycles. The number of carboxylic acid groups (broad SMARTS) is 1. The standard InChI is InChI=1S/C6H7NO2S2.Ag/c1-4-3-11-6(10)7(4)2-5(8)9;/h3H,2H2,1H3,(H,8,9);. The molecule has 1 N–H and O–H groups in total. The van der Waals surface area contributed by atoms with E-state index in [0.717, 1.165) is 5.69 Å². The summed E-state index contributed by atoms with van der Waals surface area (Å²) in [6.07, 6.45) is 0. The molecule has 12 heavy (non-hydrogen) atoms. The Hall–Kier alpha value is 0.0603. The van der Waals surface area contributed by atoms with Crippen LogP contribution < -0.4 is 0 Å². The van der Waals surface area contributed by atoms with Crippen LogP contribution in [-0.2, 0) is 33.7 Å². The summed E-state index contributed by atoms with van der Waals surface area (Å²) in [5.74, 6) is -0.859. The molecule has 0 amide bonds. The van der Waals surface area contributed by atoms with Gasteiger partial charge >= 0.3 is 5.97 Å². The molecule has 1 aromatic heterocycles. The molecule has 0 aliphatic carbocycles. The number of aryl methyl sites for hydroxylation is 1. The summed E-state index contributed by atoms with van der Waals surface area (Å²) in [4.78, 5) is 10.3. The molecule has 0 atom stereocenters. The second-order valence-corrected chi connectivity index (χ2v) is 3.63. The minimum atomic E-state index is -0.859. The molecule has 0 bridgehead atoms. The van der Waals surface area contributed by atoms with Crippen LogP contribution in [0.3, 0.4) is 0 Å². The number of carboxylic acids is 1. The Morgan fingerprint density at radius 1 is 1.83 bits per heavy atom. The summed E-state index contributed by atoms with van der Waals surface area (Å²) in [7, 11) is 0. The molecule has 1 heterocycles. The van der Waals surface area contributed by atoms with Crippen LogP contribution >= 0.6 is 23.6 Å². The fourth-order valence-electron chi connectivity index (χ4n) is 0.731. The Balaban J connectivity index is 0.00000121. The zero-order chi connectivity index (χ0) is 8.43. The van der Waals surface area contributed by atoms with Crippen LogP contribution in [0, 0.1) is 10.9 Å². The number of aliphatic carboxylic acids is 1. The van der Waals surface area contributed by atoms with Gasteiger partial charge in [0, 0.05) is 33.5 Å². The third-order valence-electron chi connectivity index (χ3n) is 1.27. The molecule has 3 nitrogen and oxygen atoms in total. The van der Waals surface area contributed by atoms with E-state index in [1.165, 1.54) is 11.3 Å². The minimum Gasteiger partial charge on any atom is -0.480 e. The smallest absolute Gasteiger partial charge is 0.323 e. The number of thiazole rings is 1. The van der Waals surface area contributed by atoms with Gasteiger partial charge in [-0.3, -0.25) is 4.79 Å². The molecule has 6 heteroatoms. The van der Waals surface area contributed by atoms with E-state index >= 15 is 0 Å². The molecular weight excluding hydrogens is 290 g/mol. The number of hydrogen-bond acceptors (Lipinski definition) is 3. The molecule has 1 rings (SSSR count). The molecule has 0 saturated heterocycles. The van der Waals surface area contributed by atoms with Crippen molar-refractivity contribution in [3.63, 3.8) is 0 Å². The fourth-order valence-corrected chi connectivity index (χ4v) is 1.82. The van der Waals surface area contributed by atoms with E-state index in [1.54, 1.807) is 4.57 Å². The van der Waals surface area contributed by atoms with E-state index in [1.807, 2.05) is 12.3 Å². The monoisotopic (exact) mass is 296 g/mol. The molecule has 71 valence electrons. The van der Waals surface area contributed by atoms with Crippen molar-refractivity contribution < 1.29 is 32.3 Å². The van der Waals surface area contributed by atoms with Crippen LogP contribution in [0.15, 0.2) is 5.38 Å². The van der Waals surface area contributed by atoms with Crippen LogP contribution in [0.1, 0.15) is 5.69 Å². The summed E-state index contributed by atoms with van der Waals surface area (Å²) in [6, 6.07) is 0. The van der Waals surface area contributed by atoms with Gasteiger partial charge in [-0.15, -0.1) is 11.3 Å². The Labute approximate surface area is 94.5 Å². The van der Waals surface area contributed by atoms with Gasteiger partial charge in [0.1, 0.15) is 6.54 Å². The third-order valence-corrected chi connectivity index (χ3v) is 2.66. The second kappa shape index (κ2) is 4.94. The van der Waals surface area contributed by atoms with Gasteiger partial charge in [-0.05, 0) is 19.1 Å². The van der Waals surface area contributed by atoms with Crippen molar-refractivity contribution in [3.8, 4) is 0 Å². The zero-order valence-electron chi connectivity index (χ0n) is 6.21.